The van der Waals surface area contributed by atoms with Crippen LogP contribution in [0.4, 0.5) is 29.1 Å². The first-order valence-electron chi connectivity index (χ1n) is 12.1. The molecule has 204 valence electrons. The maximum atomic E-state index is 13.9. The summed E-state index contributed by atoms with van der Waals surface area (Å²) in [6.45, 7) is 4.83. The van der Waals surface area contributed by atoms with E-state index in [0.717, 1.165) is 16.8 Å². The Kier molecular flexibility index (Phi) is 8.00. The second-order valence-electron chi connectivity index (χ2n) is 8.89. The van der Waals surface area contributed by atoms with Crippen molar-refractivity contribution in [3.8, 4) is 17.9 Å². The normalized spacial score (nSPS) is 14.7. The van der Waals surface area contributed by atoms with Crippen LogP contribution in [0.3, 0.4) is 0 Å². The van der Waals surface area contributed by atoms with Crippen LogP contribution in [-0.4, -0.2) is 45.7 Å². The minimum Gasteiger partial charge on any atom is -0.343 e. The van der Waals surface area contributed by atoms with E-state index in [2.05, 4.69) is 28.5 Å². The summed E-state index contributed by atoms with van der Waals surface area (Å²) in [7, 11) is 0. The van der Waals surface area contributed by atoms with E-state index in [9.17, 15) is 32.4 Å². The topological polar surface area (TPSA) is 95.1 Å². The molecule has 1 aliphatic rings. The highest BCUT2D eigenvalue weighted by atomic mass is 19.4. The molecular weight excluding hydrogens is 528 g/mol. The van der Waals surface area contributed by atoms with Gasteiger partial charge in [-0.15, -0.1) is 0 Å². The van der Waals surface area contributed by atoms with Gasteiger partial charge in [0.15, 0.2) is 0 Å². The summed E-state index contributed by atoms with van der Waals surface area (Å²) in [5, 5.41) is 13.5. The van der Waals surface area contributed by atoms with Gasteiger partial charge in [-0.3, -0.25) is 14.5 Å². The molecule has 0 N–H and O–H groups in total. The third kappa shape index (κ3) is 5.86. The summed E-state index contributed by atoms with van der Waals surface area (Å²) in [6.07, 6.45) is -0.176. The van der Waals surface area contributed by atoms with Crippen LogP contribution >= 0.6 is 0 Å². The van der Waals surface area contributed by atoms with Crippen LogP contribution in [0.25, 0.3) is 0 Å². The molecule has 0 unspecified atom stereocenters. The summed E-state index contributed by atoms with van der Waals surface area (Å²) in [4.78, 5) is 32.5. The number of aromatic nitrogens is 3. The van der Waals surface area contributed by atoms with E-state index in [4.69, 9.17) is 0 Å². The van der Waals surface area contributed by atoms with Crippen LogP contribution in [0.15, 0.2) is 55.4 Å². The molecule has 1 aliphatic heterocycles. The van der Waals surface area contributed by atoms with E-state index in [1.165, 1.54) is 53.4 Å². The zero-order chi connectivity index (χ0) is 29.0. The summed E-state index contributed by atoms with van der Waals surface area (Å²) in [5.74, 6) is 3.96. The number of carbonyl (C=O) groups is 2. The Morgan fingerprint density at radius 2 is 2.00 bits per heavy atom. The van der Waals surface area contributed by atoms with Gasteiger partial charge in [0.2, 0.25) is 0 Å². The zero-order valence-corrected chi connectivity index (χ0v) is 21.2. The molecular formula is C28H22F4N6O2. The highest BCUT2D eigenvalue weighted by molar-refractivity contribution is 6.00. The van der Waals surface area contributed by atoms with Crippen LogP contribution < -0.4 is 9.80 Å². The van der Waals surface area contributed by atoms with Crippen molar-refractivity contribution < 1.29 is 27.2 Å². The van der Waals surface area contributed by atoms with Gasteiger partial charge >= 0.3 is 6.18 Å². The highest BCUT2D eigenvalue weighted by Crippen LogP contribution is 2.38. The molecule has 8 nitrogen and oxygen atoms in total. The Balaban J connectivity index is 1.69. The van der Waals surface area contributed by atoms with Crippen molar-refractivity contribution in [2.24, 2.45) is 0 Å². The van der Waals surface area contributed by atoms with Crippen molar-refractivity contribution in [1.82, 2.24) is 14.8 Å². The second-order valence-corrected chi connectivity index (χ2v) is 8.89. The quantitative estimate of drug-likeness (QED) is 0.264. The molecule has 0 aliphatic carbocycles. The third-order valence-corrected chi connectivity index (χ3v) is 6.21. The fourth-order valence-electron chi connectivity index (χ4n) is 4.39. The minimum atomic E-state index is -4.79. The number of alkyl halides is 3. The number of nitrogens with zero attached hydrogens (tertiary/aromatic N) is 6. The minimum absolute atomic E-state index is 0.0520. The molecule has 1 atom stereocenters. The first-order valence-corrected chi connectivity index (χ1v) is 12.1. The van der Waals surface area contributed by atoms with Gasteiger partial charge in [0.25, 0.3) is 11.8 Å². The Bertz CT molecular complexity index is 1560. The monoisotopic (exact) mass is 550 g/mol. The molecule has 1 amide bonds. The zero-order valence-electron chi connectivity index (χ0n) is 21.2. The van der Waals surface area contributed by atoms with Crippen LogP contribution in [-0.2, 0) is 11.0 Å². The summed E-state index contributed by atoms with van der Waals surface area (Å²) >= 11 is 0. The number of rotatable bonds is 5. The van der Waals surface area contributed by atoms with Gasteiger partial charge in [-0.25, -0.2) is 14.1 Å². The maximum Gasteiger partial charge on any atom is 0.417 e. The Morgan fingerprint density at radius 1 is 1.27 bits per heavy atom. The van der Waals surface area contributed by atoms with Crippen LogP contribution in [0.1, 0.15) is 40.0 Å². The number of halogens is 4. The number of amides is 1. The Hall–Kier alpha value is -4.97. The second kappa shape index (κ2) is 11.4. The van der Waals surface area contributed by atoms with E-state index in [-0.39, 0.29) is 24.6 Å². The first kappa shape index (κ1) is 28.0. The molecule has 12 heteroatoms. The first-order chi connectivity index (χ1) is 19.0. The molecule has 1 saturated heterocycles. The number of pyridine rings is 1. The standard InChI is InChI=1S/C28H22F4N6O2/c1-3-25(39)38-17-19(16-34-38)6-4-12-36(21-10-8-20(29)9-11-21)27(40)24-7-5-13-37(24)26-22(15-33)23(28(30,31)32)14-18(2)35-26/h3,8-11,14,16-17,24H,1,5,7,12-13H2,2H3/t24-/m0/s1. The lowest BCUT2D eigenvalue weighted by Crippen LogP contribution is -2.47. The third-order valence-electron chi connectivity index (χ3n) is 6.21. The van der Waals surface area contributed by atoms with Gasteiger partial charge in [-0.05, 0) is 56.2 Å². The molecule has 3 heterocycles. The van der Waals surface area contributed by atoms with Crippen molar-refractivity contribution in [3.63, 3.8) is 0 Å². The number of allylic oxidation sites excluding steroid dienone is 1. The largest absolute Gasteiger partial charge is 0.417 e. The number of nitriles is 1. The molecule has 3 aromatic rings. The lowest BCUT2D eigenvalue weighted by molar-refractivity contribution is -0.137. The summed E-state index contributed by atoms with van der Waals surface area (Å²) in [6, 6.07) is 6.61. The number of hydrogen-bond donors (Lipinski definition) is 0. The van der Waals surface area contributed by atoms with Crippen LogP contribution in [0.2, 0.25) is 0 Å². The number of benzene rings is 1. The fourth-order valence-corrected chi connectivity index (χ4v) is 4.39. The molecule has 4 rings (SSSR count). The lowest BCUT2D eigenvalue weighted by Gasteiger charge is -2.31. The van der Waals surface area contributed by atoms with E-state index < -0.39 is 41.0 Å². The predicted molar refractivity (Wildman–Crippen MR) is 138 cm³/mol. The SMILES string of the molecule is C=CC(=O)n1cc(C#CCN(C(=O)[C@@H]2CCCN2c2nc(C)cc(C(F)(F)F)c2C#N)c2ccc(F)cc2)cn1. The van der Waals surface area contributed by atoms with E-state index in [0.29, 0.717) is 24.1 Å². The van der Waals surface area contributed by atoms with Crippen LogP contribution in [0.5, 0.6) is 0 Å². The fraction of sp³-hybridized carbons (Fsp3) is 0.250. The van der Waals surface area contributed by atoms with E-state index >= 15 is 0 Å². The predicted octanol–water partition coefficient (Wildman–Crippen LogP) is 4.50. The average molecular weight is 551 g/mol. The van der Waals surface area contributed by atoms with Crippen LogP contribution in [0, 0.1) is 35.9 Å². The van der Waals surface area contributed by atoms with Gasteiger partial charge in [-0.2, -0.15) is 23.5 Å². The van der Waals surface area contributed by atoms with Crippen molar-refractivity contribution in [3.05, 3.63) is 83.6 Å². The number of aryl methyl sites for hydroxylation is 1. The van der Waals surface area contributed by atoms with Crippen molar-refractivity contribution >= 4 is 23.3 Å². The van der Waals surface area contributed by atoms with Crippen molar-refractivity contribution in [2.45, 2.75) is 32.0 Å². The molecule has 2 aromatic heterocycles. The number of carbonyl (C=O) groups excluding carboxylic acids is 2. The van der Waals surface area contributed by atoms with Gasteiger partial charge < -0.3 is 4.90 Å². The van der Waals surface area contributed by atoms with Gasteiger partial charge in [0.1, 0.15) is 29.3 Å². The molecule has 0 spiro atoms. The van der Waals surface area contributed by atoms with Gasteiger partial charge in [0.05, 0.1) is 23.9 Å². The average Bonchev–Trinajstić information content (AvgIpc) is 3.60. The lowest BCUT2D eigenvalue weighted by atomic mass is 10.1. The van der Waals surface area contributed by atoms with Gasteiger partial charge in [0, 0.05) is 24.1 Å². The Labute approximate surface area is 227 Å². The van der Waals surface area contributed by atoms with Crippen molar-refractivity contribution in [1.29, 1.82) is 5.26 Å². The molecule has 0 radical (unpaired) electrons. The molecule has 0 saturated carbocycles. The maximum absolute atomic E-state index is 13.9. The molecule has 1 fully saturated rings. The van der Waals surface area contributed by atoms with Gasteiger partial charge in [-0.1, -0.05) is 18.4 Å². The highest BCUT2D eigenvalue weighted by Gasteiger charge is 2.40. The van der Waals surface area contributed by atoms with Crippen molar-refractivity contribution in [2.75, 3.05) is 22.9 Å². The number of hydrogen-bond acceptors (Lipinski definition) is 6. The number of anilines is 2. The van der Waals surface area contributed by atoms with E-state index in [1.54, 1.807) is 6.07 Å². The summed E-state index contributed by atoms with van der Waals surface area (Å²) in [5.41, 5.74) is -1.01. The molecule has 0 bridgehead atoms. The summed E-state index contributed by atoms with van der Waals surface area (Å²) < 4.78 is 55.8. The molecule has 40 heavy (non-hydrogen) atoms. The smallest absolute Gasteiger partial charge is 0.343 e. The molecule has 1 aromatic carbocycles. The Morgan fingerprint density at radius 3 is 2.65 bits per heavy atom. The van der Waals surface area contributed by atoms with E-state index in [1.807, 2.05) is 0 Å².